The Morgan fingerprint density at radius 3 is 2.29 bits per heavy atom. The maximum atomic E-state index is 9.17. The smallest absolute Gasteiger partial charge is 0.115 e. The number of hydrogen-bond acceptors (Lipinski definition) is 1. The maximum Gasteiger partial charge on any atom is 0.115 e. The molecule has 0 unspecified atom stereocenters. The third-order valence-electron chi connectivity index (χ3n) is 3.21. The predicted octanol–water partition coefficient (Wildman–Crippen LogP) is 3.50. The average molecular weight is 255 g/mol. The molecule has 0 spiro atoms. The van der Waals surface area contributed by atoms with Crippen molar-refractivity contribution in [3.63, 3.8) is 0 Å². The van der Waals surface area contributed by atoms with Gasteiger partial charge in [-0.05, 0) is 42.4 Å². The lowest BCUT2D eigenvalue weighted by atomic mass is 9.67. The molecule has 0 amide bonds. The van der Waals surface area contributed by atoms with E-state index in [0.717, 1.165) is 11.8 Å². The van der Waals surface area contributed by atoms with Gasteiger partial charge in [0.15, 0.2) is 0 Å². The standard InChI is InChI=1S/C12H15BrO/c13-9-12(6-1-7-12)8-10-2-4-11(14)5-3-10/h2-5,14H,1,6-9H2. The molecular weight excluding hydrogens is 240 g/mol. The Bertz CT molecular complexity index is 295. The van der Waals surface area contributed by atoms with Crippen LogP contribution in [0.25, 0.3) is 0 Å². The van der Waals surface area contributed by atoms with E-state index >= 15 is 0 Å². The molecular formula is C12H15BrO. The van der Waals surface area contributed by atoms with Crippen molar-refractivity contribution in [2.75, 3.05) is 5.33 Å². The highest BCUT2D eigenvalue weighted by atomic mass is 79.9. The molecule has 1 aliphatic rings. The third kappa shape index (κ3) is 1.95. The molecule has 1 fully saturated rings. The van der Waals surface area contributed by atoms with Gasteiger partial charge in [0, 0.05) is 5.33 Å². The number of rotatable bonds is 3. The topological polar surface area (TPSA) is 20.2 Å². The van der Waals surface area contributed by atoms with Crippen LogP contribution < -0.4 is 0 Å². The van der Waals surface area contributed by atoms with E-state index in [-0.39, 0.29) is 0 Å². The molecule has 0 saturated heterocycles. The molecule has 1 N–H and O–H groups in total. The molecule has 2 rings (SSSR count). The summed E-state index contributed by atoms with van der Waals surface area (Å²) in [7, 11) is 0. The van der Waals surface area contributed by atoms with Crippen LogP contribution in [-0.4, -0.2) is 10.4 Å². The molecule has 0 aromatic heterocycles. The summed E-state index contributed by atoms with van der Waals surface area (Å²) in [4.78, 5) is 0. The molecule has 76 valence electrons. The van der Waals surface area contributed by atoms with E-state index in [9.17, 15) is 5.11 Å². The van der Waals surface area contributed by atoms with Gasteiger partial charge in [-0.1, -0.05) is 34.5 Å². The van der Waals surface area contributed by atoms with Crippen LogP contribution in [0.5, 0.6) is 5.75 Å². The zero-order valence-electron chi connectivity index (χ0n) is 8.17. The summed E-state index contributed by atoms with van der Waals surface area (Å²) < 4.78 is 0. The van der Waals surface area contributed by atoms with Crippen molar-refractivity contribution in [2.24, 2.45) is 5.41 Å². The van der Waals surface area contributed by atoms with Crippen molar-refractivity contribution in [2.45, 2.75) is 25.7 Å². The van der Waals surface area contributed by atoms with Crippen molar-refractivity contribution in [3.05, 3.63) is 29.8 Å². The second-order valence-electron chi connectivity index (χ2n) is 4.33. The minimum atomic E-state index is 0.357. The fourth-order valence-electron chi connectivity index (χ4n) is 2.08. The monoisotopic (exact) mass is 254 g/mol. The lowest BCUT2D eigenvalue weighted by Gasteiger charge is -2.40. The second kappa shape index (κ2) is 3.93. The Hall–Kier alpha value is -0.500. The zero-order chi connectivity index (χ0) is 10.0. The number of benzene rings is 1. The van der Waals surface area contributed by atoms with Gasteiger partial charge in [0.05, 0.1) is 0 Å². The number of hydrogen-bond donors (Lipinski definition) is 1. The Labute approximate surface area is 93.3 Å². The second-order valence-corrected chi connectivity index (χ2v) is 4.89. The first-order chi connectivity index (χ1) is 6.74. The van der Waals surface area contributed by atoms with E-state index in [1.807, 2.05) is 12.1 Å². The summed E-state index contributed by atoms with van der Waals surface area (Å²) in [5.41, 5.74) is 1.83. The first-order valence-electron chi connectivity index (χ1n) is 5.08. The van der Waals surface area contributed by atoms with Gasteiger partial charge in [-0.2, -0.15) is 0 Å². The minimum absolute atomic E-state index is 0.357. The fourth-order valence-corrected chi connectivity index (χ4v) is 2.84. The molecule has 0 radical (unpaired) electrons. The van der Waals surface area contributed by atoms with E-state index < -0.39 is 0 Å². The van der Waals surface area contributed by atoms with Crippen LogP contribution in [0.1, 0.15) is 24.8 Å². The van der Waals surface area contributed by atoms with Gasteiger partial charge in [0.1, 0.15) is 5.75 Å². The highest BCUT2D eigenvalue weighted by molar-refractivity contribution is 9.09. The Balaban J connectivity index is 2.06. The number of alkyl halides is 1. The van der Waals surface area contributed by atoms with Crippen LogP contribution in [0.15, 0.2) is 24.3 Å². The zero-order valence-corrected chi connectivity index (χ0v) is 9.76. The van der Waals surface area contributed by atoms with Crippen molar-refractivity contribution in [1.82, 2.24) is 0 Å². The van der Waals surface area contributed by atoms with Gasteiger partial charge in [-0.25, -0.2) is 0 Å². The molecule has 0 atom stereocenters. The first kappa shape index (κ1) is 10.0. The SMILES string of the molecule is Oc1ccc(CC2(CBr)CCC2)cc1. The molecule has 2 heteroatoms. The summed E-state index contributed by atoms with van der Waals surface area (Å²) in [6.07, 6.45) is 5.17. The molecule has 1 nitrogen and oxygen atoms in total. The Morgan fingerprint density at radius 2 is 1.86 bits per heavy atom. The largest absolute Gasteiger partial charge is 0.508 e. The number of halogens is 1. The van der Waals surface area contributed by atoms with E-state index in [2.05, 4.69) is 15.9 Å². The van der Waals surface area contributed by atoms with Crippen molar-refractivity contribution in [3.8, 4) is 5.75 Å². The summed E-state index contributed by atoms with van der Waals surface area (Å²) in [6.45, 7) is 0. The van der Waals surface area contributed by atoms with Gasteiger partial charge in [-0.15, -0.1) is 0 Å². The van der Waals surface area contributed by atoms with Crippen molar-refractivity contribution in [1.29, 1.82) is 0 Å². The highest BCUT2D eigenvalue weighted by Crippen LogP contribution is 2.45. The van der Waals surface area contributed by atoms with E-state index in [1.54, 1.807) is 12.1 Å². The Kier molecular flexibility index (Phi) is 2.82. The molecule has 1 aromatic carbocycles. The van der Waals surface area contributed by atoms with E-state index in [1.165, 1.54) is 24.8 Å². The van der Waals surface area contributed by atoms with Gasteiger partial charge in [-0.3, -0.25) is 0 Å². The molecule has 0 aliphatic heterocycles. The van der Waals surface area contributed by atoms with Crippen LogP contribution in [0.3, 0.4) is 0 Å². The third-order valence-corrected chi connectivity index (χ3v) is 4.40. The molecule has 0 bridgehead atoms. The minimum Gasteiger partial charge on any atom is -0.508 e. The van der Waals surface area contributed by atoms with Gasteiger partial charge >= 0.3 is 0 Å². The molecule has 1 aromatic rings. The van der Waals surface area contributed by atoms with E-state index in [0.29, 0.717) is 11.2 Å². The maximum absolute atomic E-state index is 9.17. The van der Waals surface area contributed by atoms with Gasteiger partial charge in [0.25, 0.3) is 0 Å². The van der Waals surface area contributed by atoms with Gasteiger partial charge < -0.3 is 5.11 Å². The summed E-state index contributed by atoms with van der Waals surface area (Å²) in [6, 6.07) is 7.60. The molecule has 1 aliphatic carbocycles. The van der Waals surface area contributed by atoms with Crippen molar-refractivity contribution < 1.29 is 5.11 Å². The normalized spacial score (nSPS) is 18.9. The lowest BCUT2D eigenvalue weighted by Crippen LogP contribution is -2.33. The Morgan fingerprint density at radius 1 is 1.21 bits per heavy atom. The number of phenolic OH excluding ortho intramolecular Hbond substituents is 1. The fraction of sp³-hybridized carbons (Fsp3) is 0.500. The summed E-state index contributed by atoms with van der Waals surface area (Å²) in [5.74, 6) is 0.357. The van der Waals surface area contributed by atoms with Crippen LogP contribution in [0.4, 0.5) is 0 Å². The van der Waals surface area contributed by atoms with Crippen LogP contribution in [0, 0.1) is 5.41 Å². The van der Waals surface area contributed by atoms with Crippen molar-refractivity contribution >= 4 is 15.9 Å². The average Bonchev–Trinajstić information content (AvgIpc) is 2.15. The van der Waals surface area contributed by atoms with Gasteiger partial charge in [0.2, 0.25) is 0 Å². The molecule has 0 heterocycles. The molecule has 14 heavy (non-hydrogen) atoms. The lowest BCUT2D eigenvalue weighted by molar-refractivity contribution is 0.170. The van der Waals surface area contributed by atoms with E-state index in [4.69, 9.17) is 0 Å². The summed E-state index contributed by atoms with van der Waals surface area (Å²) in [5, 5.41) is 10.3. The van der Waals surface area contributed by atoms with Crippen LogP contribution >= 0.6 is 15.9 Å². The summed E-state index contributed by atoms with van der Waals surface area (Å²) >= 11 is 3.61. The first-order valence-corrected chi connectivity index (χ1v) is 6.20. The highest BCUT2D eigenvalue weighted by Gasteiger charge is 2.35. The molecule has 1 saturated carbocycles. The predicted molar refractivity (Wildman–Crippen MR) is 61.9 cm³/mol. The number of phenols is 1. The number of aromatic hydroxyl groups is 1. The quantitative estimate of drug-likeness (QED) is 0.819. The van der Waals surface area contributed by atoms with Crippen LogP contribution in [-0.2, 0) is 6.42 Å². The van der Waals surface area contributed by atoms with Crippen LogP contribution in [0.2, 0.25) is 0 Å².